The molecule has 0 aliphatic rings. The van der Waals surface area contributed by atoms with Crippen molar-refractivity contribution in [3.63, 3.8) is 0 Å². The first-order chi connectivity index (χ1) is 33.1. The highest BCUT2D eigenvalue weighted by Crippen LogP contribution is 2.48. The number of aliphatic hydroxyl groups is 2. The van der Waals surface area contributed by atoms with Crippen LogP contribution in [0.25, 0.3) is 16.5 Å². The van der Waals surface area contributed by atoms with E-state index in [2.05, 4.69) is 45.2 Å². The molecule has 0 atom stereocenters. The maximum absolute atomic E-state index is 13.4. The lowest BCUT2D eigenvalue weighted by molar-refractivity contribution is -0.432. The van der Waals surface area contributed by atoms with Gasteiger partial charge in [-0.15, -0.1) is 35.0 Å². The van der Waals surface area contributed by atoms with E-state index in [1.54, 1.807) is 0 Å². The summed E-state index contributed by atoms with van der Waals surface area (Å²) in [7, 11) is -13.6. The summed E-state index contributed by atoms with van der Waals surface area (Å²) in [5.74, 6) is -2.98. The van der Waals surface area contributed by atoms with Crippen molar-refractivity contribution in [2.45, 2.75) is 19.6 Å². The highest BCUT2D eigenvalue weighted by molar-refractivity contribution is 7.94. The molecule has 1 aromatic heterocycles. The van der Waals surface area contributed by atoms with Crippen LogP contribution in [0.15, 0.2) is 128 Å². The molecule has 0 unspecified atom stereocenters. The Morgan fingerprint density at radius 3 is 1.81 bits per heavy atom. The van der Waals surface area contributed by atoms with Crippen molar-refractivity contribution in [2.24, 2.45) is 30.7 Å². The van der Waals surface area contributed by atoms with Crippen LogP contribution in [0, 0.1) is 0 Å². The summed E-state index contributed by atoms with van der Waals surface area (Å²) in [5, 5.41) is 78.0. The van der Waals surface area contributed by atoms with E-state index in [0.717, 1.165) is 60.7 Å². The first kappa shape index (κ1) is 52.1. The highest BCUT2D eigenvalue weighted by atomic mass is 32.2. The fourth-order valence-corrected chi connectivity index (χ4v) is 8.45. The third-order valence-corrected chi connectivity index (χ3v) is 12.3. The summed E-state index contributed by atoms with van der Waals surface area (Å²) < 4.78 is 124. The van der Waals surface area contributed by atoms with Gasteiger partial charge >= 0.3 is 5.97 Å². The van der Waals surface area contributed by atoms with Gasteiger partial charge in [0.2, 0.25) is 0 Å². The normalized spacial score (nSPS) is 12.4. The molecule has 0 aliphatic carbocycles. The van der Waals surface area contributed by atoms with Gasteiger partial charge in [0.25, 0.3) is 35.9 Å². The van der Waals surface area contributed by atoms with E-state index in [1.807, 2.05) is 0 Å². The number of aromatic carboxylic acids is 1. The van der Waals surface area contributed by atoms with Gasteiger partial charge in [-0.25, -0.2) is 14.7 Å². The number of aromatic amines is 1. The van der Waals surface area contributed by atoms with E-state index in [9.17, 15) is 68.9 Å². The van der Waals surface area contributed by atoms with E-state index >= 15 is 0 Å². The average Bonchev–Trinajstić information content (AvgIpc) is 3.65. The second kappa shape index (κ2) is 21.6. The van der Waals surface area contributed by atoms with Gasteiger partial charge < -0.3 is 34.6 Å². The molecule has 0 bridgehead atoms. The number of aromatic nitrogens is 2. The van der Waals surface area contributed by atoms with Crippen LogP contribution >= 0.6 is 12.0 Å². The number of aliphatic hydroxyl groups excluding tert-OH is 2. The third kappa shape index (κ3) is 11.8. The maximum atomic E-state index is 13.4. The number of nitrogens with zero attached hydrogens (tertiary/aromatic N) is 7. The number of rotatable bonds is 21. The molecule has 70 heavy (non-hydrogen) atoms. The van der Waals surface area contributed by atoms with Gasteiger partial charge in [-0.05, 0) is 54.6 Å². The summed E-state index contributed by atoms with van der Waals surface area (Å²) in [6, 6.07) is 12.5. The van der Waals surface area contributed by atoms with E-state index < -0.39 is 109 Å². The average molecular weight is 1050 g/mol. The minimum Gasteiger partial charge on any atom is -0.505 e. The largest absolute Gasteiger partial charge is 0.505 e. The molecule has 1 heterocycles. The number of carbonyl (C=O) groups is 1. The van der Waals surface area contributed by atoms with Crippen LogP contribution in [0.3, 0.4) is 0 Å². The molecule has 0 spiro atoms. The van der Waals surface area contributed by atoms with Crippen LogP contribution < -0.4 is 19.8 Å². The lowest BCUT2D eigenvalue weighted by atomic mass is 10.1. The Morgan fingerprint density at radius 2 is 1.27 bits per heavy atom. The number of nitrogens with one attached hydrogen (secondary N) is 1. The molecule has 0 amide bonds. The van der Waals surface area contributed by atoms with E-state index in [-0.39, 0.29) is 70.6 Å². The molecule has 0 saturated carbocycles. The van der Waals surface area contributed by atoms with Crippen LogP contribution in [0.4, 0.5) is 34.1 Å². The fourth-order valence-electron chi connectivity index (χ4n) is 6.03. The Hall–Kier alpha value is -7.28. The number of fused-ring (bicyclic) bond motifs is 1. The molecule has 370 valence electrons. The molecule has 0 aliphatic heterocycles. The lowest BCUT2D eigenvalue weighted by Gasteiger charge is -2.14. The number of carboxylic acids is 1. The summed E-state index contributed by atoms with van der Waals surface area (Å²) in [6.45, 7) is -1.78. The van der Waals surface area contributed by atoms with Crippen molar-refractivity contribution in [2.75, 3.05) is 33.5 Å². The molecule has 0 radical (unpaired) electrons. The standard InChI is InChI=1S/C37H32N8O21S4/c1-62-19-4-8-23(30(14-19)69(56,57)58)38-40-25-16-28(64-13-11-47)26(17-27(25)63-12-10-46)41-42-31-29(67-66-65-52)15-22-21(34(31)48)7-9-24(35(22)70(59,60)61)39-43-32-33(37(50)51)44-45(36(32)49)18-2-5-20(6-3-18)68(53,54)55/h2-9,14-17,44,46-48,52H,10-13H2,1H3,(H,50,51)(H,53,54,55)(H,56,57,58)(H,59,60,61). The van der Waals surface area contributed by atoms with Crippen LogP contribution in [0.2, 0.25) is 0 Å². The van der Waals surface area contributed by atoms with Crippen molar-refractivity contribution >= 4 is 93.3 Å². The van der Waals surface area contributed by atoms with Crippen LogP contribution in [-0.4, -0.2) is 114 Å². The maximum Gasteiger partial charge on any atom is 0.356 e. The number of H-pyrrole nitrogens is 1. The van der Waals surface area contributed by atoms with Gasteiger partial charge in [0.15, 0.2) is 17.1 Å². The molecular weight excluding hydrogens is 1020 g/mol. The first-order valence-electron chi connectivity index (χ1n) is 18.8. The third-order valence-electron chi connectivity index (χ3n) is 9.01. The molecule has 9 N–H and O–H groups in total. The van der Waals surface area contributed by atoms with E-state index in [1.165, 1.54) is 19.2 Å². The van der Waals surface area contributed by atoms with Gasteiger partial charge in [-0.3, -0.25) is 23.6 Å². The number of ether oxygens (including phenoxy) is 3. The smallest absolute Gasteiger partial charge is 0.356 e. The Bertz CT molecular complexity index is 3490. The molecule has 0 saturated heterocycles. The summed E-state index contributed by atoms with van der Waals surface area (Å²) in [6.07, 6.45) is 0. The first-order valence-corrected chi connectivity index (χ1v) is 23.8. The lowest BCUT2D eigenvalue weighted by Crippen LogP contribution is -2.14. The number of phenols is 1. The zero-order valence-corrected chi connectivity index (χ0v) is 38.2. The Morgan fingerprint density at radius 1 is 0.700 bits per heavy atom. The Kier molecular flexibility index (Phi) is 16.1. The number of azo groups is 3. The molecule has 6 aromatic rings. The van der Waals surface area contributed by atoms with Gasteiger partial charge in [0.05, 0.1) is 47.8 Å². The zero-order valence-electron chi connectivity index (χ0n) is 34.9. The summed E-state index contributed by atoms with van der Waals surface area (Å²) in [4.78, 5) is 22.8. The van der Waals surface area contributed by atoms with Crippen molar-refractivity contribution < 1.29 is 93.0 Å². The van der Waals surface area contributed by atoms with Gasteiger partial charge in [0, 0.05) is 29.0 Å². The van der Waals surface area contributed by atoms with Crippen molar-refractivity contribution in [1.29, 1.82) is 0 Å². The quantitative estimate of drug-likeness (QED) is 0.0133. The fraction of sp³-hybridized carbons (Fsp3) is 0.135. The number of phenolic OH excluding ortho intramolecular Hbond substituents is 1. The molecule has 6 rings (SSSR count). The predicted molar refractivity (Wildman–Crippen MR) is 236 cm³/mol. The Balaban J connectivity index is 1.47. The molecule has 5 aromatic carbocycles. The predicted octanol–water partition coefficient (Wildman–Crippen LogP) is 5.89. The number of carboxylic acid groups (broad SMARTS) is 1. The SMILES string of the molecule is COc1ccc(N=Nc2cc(OCCO)c(N=Nc3c(SOOO)cc4c(S(=O)(=O)O)c(N=Nc5c(C(=O)O)[nH]n(-c6ccc(S(=O)(=O)O)cc6)c5=O)ccc4c3O)cc2OCCO)c(S(=O)(=O)O)c1. The molecule has 29 nitrogen and oxygen atoms in total. The minimum atomic E-state index is -5.40. The Labute approximate surface area is 395 Å². The van der Waals surface area contributed by atoms with Crippen molar-refractivity contribution in [1.82, 2.24) is 9.78 Å². The minimum absolute atomic E-state index is 0.0583. The highest BCUT2D eigenvalue weighted by Gasteiger charge is 2.27. The number of hydrogen-bond donors (Lipinski definition) is 9. The van der Waals surface area contributed by atoms with E-state index in [0.29, 0.717) is 4.68 Å². The second-order valence-electron chi connectivity index (χ2n) is 13.4. The zero-order chi connectivity index (χ0) is 51.1. The van der Waals surface area contributed by atoms with Gasteiger partial charge in [0.1, 0.15) is 68.7 Å². The number of hydrogen-bond acceptors (Lipinski definition) is 24. The van der Waals surface area contributed by atoms with Crippen LogP contribution in [0.5, 0.6) is 23.0 Å². The van der Waals surface area contributed by atoms with Crippen molar-refractivity contribution in [3.05, 3.63) is 88.8 Å². The van der Waals surface area contributed by atoms with Crippen LogP contribution in [-0.2, 0) is 39.7 Å². The van der Waals surface area contributed by atoms with Gasteiger partial charge in [-0.2, -0.15) is 25.3 Å². The molecule has 33 heteroatoms. The monoisotopic (exact) mass is 1050 g/mol. The van der Waals surface area contributed by atoms with Gasteiger partial charge in [-0.1, -0.05) is 5.04 Å². The number of methoxy groups -OCH3 is 1. The second-order valence-corrected chi connectivity index (χ2v) is 18.3. The topological polar surface area (TPSA) is 439 Å². The molecule has 0 fully saturated rings. The summed E-state index contributed by atoms with van der Waals surface area (Å²) >= 11 is 0.111. The summed E-state index contributed by atoms with van der Waals surface area (Å²) in [5.41, 5.74) is -5.18. The van der Waals surface area contributed by atoms with Crippen LogP contribution in [0.1, 0.15) is 10.5 Å². The number of aromatic hydroxyl groups is 1. The van der Waals surface area contributed by atoms with E-state index in [4.69, 9.17) is 19.5 Å². The van der Waals surface area contributed by atoms with Crippen molar-refractivity contribution in [3.8, 4) is 28.7 Å². The molecular formula is C37H32N8O21S4. The number of benzene rings is 5.